The zero-order valence-electron chi connectivity index (χ0n) is 13.6. The van der Waals surface area contributed by atoms with Gasteiger partial charge in [-0.25, -0.2) is 0 Å². The second-order valence-corrected chi connectivity index (χ2v) is 6.39. The van der Waals surface area contributed by atoms with E-state index < -0.39 is 17.9 Å². The maximum absolute atomic E-state index is 12.7. The summed E-state index contributed by atoms with van der Waals surface area (Å²) in [6, 6.07) is 10.3. The lowest BCUT2D eigenvalue weighted by Gasteiger charge is -2.13. The summed E-state index contributed by atoms with van der Waals surface area (Å²) in [6.07, 6.45) is 0. The molecule has 0 radical (unpaired) electrons. The number of primary amides is 1. The molecule has 1 aliphatic rings. The molecular formula is C17H13Cl2N5O2. The molecule has 0 aromatic heterocycles. The van der Waals surface area contributed by atoms with Crippen LogP contribution in [-0.4, -0.2) is 23.6 Å². The molecule has 2 amide bonds. The minimum Gasteiger partial charge on any atom is -0.366 e. The highest BCUT2D eigenvalue weighted by molar-refractivity contribution is 6.35. The molecule has 1 aliphatic heterocycles. The first kappa shape index (κ1) is 18.0. The summed E-state index contributed by atoms with van der Waals surface area (Å²) in [5, 5.41) is 14.2. The third-order valence-electron chi connectivity index (χ3n) is 3.64. The molecule has 3 rings (SSSR count). The molecule has 0 fully saturated rings. The van der Waals surface area contributed by atoms with Gasteiger partial charge in [-0.1, -0.05) is 35.3 Å². The zero-order chi connectivity index (χ0) is 18.8. The van der Waals surface area contributed by atoms with Gasteiger partial charge in [0, 0.05) is 10.0 Å². The van der Waals surface area contributed by atoms with Gasteiger partial charge < -0.3 is 5.73 Å². The molecule has 132 valence electrons. The lowest BCUT2D eigenvalue weighted by atomic mass is 10.2. The fourth-order valence-electron chi connectivity index (χ4n) is 2.42. The van der Waals surface area contributed by atoms with Crippen LogP contribution in [0.3, 0.4) is 0 Å². The molecule has 0 bridgehead atoms. The molecular weight excluding hydrogens is 377 g/mol. The van der Waals surface area contributed by atoms with Gasteiger partial charge in [0.25, 0.3) is 11.8 Å². The Balaban J connectivity index is 1.88. The van der Waals surface area contributed by atoms with Gasteiger partial charge in [-0.15, -0.1) is 0 Å². The second kappa shape index (κ2) is 7.23. The molecule has 7 nitrogen and oxygen atoms in total. The maximum Gasteiger partial charge on any atom is 0.280 e. The summed E-state index contributed by atoms with van der Waals surface area (Å²) in [7, 11) is 0. The van der Waals surface area contributed by atoms with E-state index in [1.807, 2.05) is 0 Å². The van der Waals surface area contributed by atoms with Crippen LogP contribution < -0.4 is 10.7 Å². The Hall–Kier alpha value is -2.77. The van der Waals surface area contributed by atoms with Crippen LogP contribution in [0, 0.1) is 0 Å². The summed E-state index contributed by atoms with van der Waals surface area (Å²) in [5.41, 5.74) is 6.70. The lowest BCUT2D eigenvalue weighted by Crippen LogP contribution is -2.29. The Bertz CT molecular complexity index is 938. The minimum absolute atomic E-state index is 0.217. The number of halogens is 2. The number of hydrogen-bond acceptors (Lipinski definition) is 5. The molecule has 1 atom stereocenters. The summed E-state index contributed by atoms with van der Waals surface area (Å²) in [5.74, 6) is -1.03. The summed E-state index contributed by atoms with van der Waals surface area (Å²) >= 11 is 12.0. The number of rotatable bonds is 4. The van der Waals surface area contributed by atoms with E-state index in [9.17, 15) is 9.59 Å². The summed E-state index contributed by atoms with van der Waals surface area (Å²) in [6.45, 7) is 1.66. The van der Waals surface area contributed by atoms with Gasteiger partial charge >= 0.3 is 0 Å². The van der Waals surface area contributed by atoms with E-state index in [0.717, 1.165) is 0 Å². The van der Waals surface area contributed by atoms with Crippen molar-refractivity contribution in [3.63, 3.8) is 0 Å². The van der Waals surface area contributed by atoms with Gasteiger partial charge in [-0.3, -0.25) is 9.59 Å². The molecule has 2 aromatic carbocycles. The molecule has 9 heteroatoms. The number of hydrazone groups is 1. The maximum atomic E-state index is 12.7. The molecule has 1 heterocycles. The number of hydrogen-bond donors (Lipinski definition) is 1. The van der Waals surface area contributed by atoms with Gasteiger partial charge in [-0.2, -0.15) is 20.3 Å². The van der Waals surface area contributed by atoms with Crippen molar-refractivity contribution >= 4 is 52.1 Å². The lowest BCUT2D eigenvalue weighted by molar-refractivity contribution is -0.117. The first-order valence-electron chi connectivity index (χ1n) is 7.51. The fourth-order valence-corrected chi connectivity index (χ4v) is 2.94. The van der Waals surface area contributed by atoms with Crippen LogP contribution in [0.4, 0.5) is 11.4 Å². The molecule has 2 aromatic rings. The topological polar surface area (TPSA) is 100 Å². The molecule has 0 saturated heterocycles. The van der Waals surface area contributed by atoms with Crippen LogP contribution in [0.5, 0.6) is 0 Å². The van der Waals surface area contributed by atoms with Gasteiger partial charge in [0.1, 0.15) is 0 Å². The Kier molecular flexibility index (Phi) is 5.01. The van der Waals surface area contributed by atoms with Crippen LogP contribution in [0.2, 0.25) is 10.0 Å². The van der Waals surface area contributed by atoms with E-state index in [4.69, 9.17) is 28.9 Å². The number of carbonyl (C=O) groups is 2. The standard InChI is InChI=1S/C17H13Cl2N5O2/c1-9-15(22-21-14-5-3-2-4-13(14)16(20)25)17(26)24(23-9)12-7-10(18)6-11(19)8-12/h2-8,15H,1H3,(H2,20,25). The fraction of sp³-hybridized carbons (Fsp3) is 0.118. The van der Waals surface area contributed by atoms with Crippen LogP contribution in [0.1, 0.15) is 17.3 Å². The first-order chi connectivity index (χ1) is 12.4. The number of nitrogens with zero attached hydrogens (tertiary/aromatic N) is 4. The molecule has 2 N–H and O–H groups in total. The van der Waals surface area contributed by atoms with Crippen molar-refractivity contribution in [3.05, 3.63) is 58.1 Å². The SMILES string of the molecule is CC1=NN(c2cc(Cl)cc(Cl)c2)C(=O)C1N=Nc1ccccc1C(N)=O. The van der Waals surface area contributed by atoms with Gasteiger partial charge in [-0.05, 0) is 37.3 Å². The van der Waals surface area contributed by atoms with E-state index >= 15 is 0 Å². The highest BCUT2D eigenvalue weighted by atomic mass is 35.5. The van der Waals surface area contributed by atoms with Crippen LogP contribution >= 0.6 is 23.2 Å². The third-order valence-corrected chi connectivity index (χ3v) is 4.07. The summed E-state index contributed by atoms with van der Waals surface area (Å²) in [4.78, 5) is 24.1. The number of azo groups is 1. The van der Waals surface area contributed by atoms with Crippen molar-refractivity contribution in [3.8, 4) is 0 Å². The van der Waals surface area contributed by atoms with Crippen molar-refractivity contribution in [2.45, 2.75) is 13.0 Å². The van der Waals surface area contributed by atoms with Gasteiger partial charge in [0.15, 0.2) is 6.04 Å². The predicted molar refractivity (Wildman–Crippen MR) is 100 cm³/mol. The third kappa shape index (κ3) is 3.58. The highest BCUT2D eigenvalue weighted by Gasteiger charge is 2.35. The smallest absolute Gasteiger partial charge is 0.280 e. The minimum atomic E-state index is -0.909. The molecule has 1 unspecified atom stereocenters. The van der Waals surface area contributed by atoms with E-state index in [1.54, 1.807) is 43.3 Å². The van der Waals surface area contributed by atoms with E-state index in [0.29, 0.717) is 21.4 Å². The zero-order valence-corrected chi connectivity index (χ0v) is 15.1. The van der Waals surface area contributed by atoms with E-state index in [-0.39, 0.29) is 11.3 Å². The monoisotopic (exact) mass is 389 g/mol. The van der Waals surface area contributed by atoms with Crippen LogP contribution in [0.25, 0.3) is 0 Å². The number of anilines is 1. The first-order valence-corrected chi connectivity index (χ1v) is 8.27. The van der Waals surface area contributed by atoms with E-state index in [2.05, 4.69) is 15.3 Å². The number of benzene rings is 2. The van der Waals surface area contributed by atoms with Gasteiger partial charge in [0.05, 0.1) is 22.6 Å². The average Bonchev–Trinajstić information content (AvgIpc) is 2.86. The van der Waals surface area contributed by atoms with Crippen molar-refractivity contribution in [1.29, 1.82) is 0 Å². The normalized spacial score (nSPS) is 17.0. The van der Waals surface area contributed by atoms with Gasteiger partial charge in [0.2, 0.25) is 0 Å². The van der Waals surface area contributed by atoms with Crippen molar-refractivity contribution in [2.75, 3.05) is 5.01 Å². The number of amides is 2. The largest absolute Gasteiger partial charge is 0.366 e. The second-order valence-electron chi connectivity index (χ2n) is 5.52. The number of nitrogens with two attached hydrogens (primary N) is 1. The Labute approximate surface area is 159 Å². The van der Waals surface area contributed by atoms with E-state index in [1.165, 1.54) is 11.1 Å². The summed E-state index contributed by atoms with van der Waals surface area (Å²) < 4.78 is 0. The highest BCUT2D eigenvalue weighted by Crippen LogP contribution is 2.29. The Morgan fingerprint density at radius 3 is 2.50 bits per heavy atom. The van der Waals surface area contributed by atoms with Crippen molar-refractivity contribution in [2.24, 2.45) is 21.1 Å². The molecule has 0 aliphatic carbocycles. The average molecular weight is 390 g/mol. The molecule has 0 saturated carbocycles. The quantitative estimate of drug-likeness (QED) is 0.799. The predicted octanol–water partition coefficient (Wildman–Crippen LogP) is 3.97. The van der Waals surface area contributed by atoms with Crippen molar-refractivity contribution in [1.82, 2.24) is 0 Å². The Morgan fingerprint density at radius 1 is 1.19 bits per heavy atom. The Morgan fingerprint density at radius 2 is 1.85 bits per heavy atom. The van der Waals surface area contributed by atoms with Crippen molar-refractivity contribution < 1.29 is 9.59 Å². The molecule has 26 heavy (non-hydrogen) atoms. The molecule has 0 spiro atoms. The number of carbonyl (C=O) groups excluding carboxylic acids is 2. The van der Waals surface area contributed by atoms with Crippen LogP contribution in [-0.2, 0) is 4.79 Å². The van der Waals surface area contributed by atoms with Crippen LogP contribution in [0.15, 0.2) is 57.8 Å².